The average Bonchev–Trinajstić information content (AvgIpc) is 3.07. The lowest BCUT2D eigenvalue weighted by atomic mass is 10.0. The first-order valence-corrected chi connectivity index (χ1v) is 7.55. The van der Waals surface area contributed by atoms with E-state index in [0.717, 1.165) is 31.7 Å². The number of rotatable bonds is 5. The maximum Gasteiger partial charge on any atom is 0.228 e. The Morgan fingerprint density at radius 1 is 1.50 bits per heavy atom. The molecule has 1 N–H and O–H groups in total. The molecule has 2 aromatic heterocycles. The number of likely N-dealkylation sites (tertiary alicyclic amines) is 1. The number of likely N-dealkylation sites (N-methyl/N-ethyl adjacent to an activating group) is 1. The highest BCUT2D eigenvalue weighted by atomic mass is 16.5. The Hall–Kier alpha value is -2.15. The zero-order valence-corrected chi connectivity index (χ0v) is 13.1. The maximum absolute atomic E-state index is 5.18. The van der Waals surface area contributed by atoms with Gasteiger partial charge in [-0.3, -0.25) is 4.90 Å². The van der Waals surface area contributed by atoms with Crippen molar-refractivity contribution in [1.82, 2.24) is 24.8 Å². The van der Waals surface area contributed by atoms with Crippen LogP contribution < -0.4 is 9.64 Å². The number of hydrogen-bond donors (Lipinski definition) is 1. The molecule has 1 aliphatic heterocycles. The van der Waals surface area contributed by atoms with E-state index in [4.69, 9.17) is 4.74 Å². The number of nitrogens with zero attached hydrogens (tertiary/aromatic N) is 5. The van der Waals surface area contributed by atoms with Crippen LogP contribution in [0.3, 0.4) is 0 Å². The molecule has 0 bridgehead atoms. The van der Waals surface area contributed by atoms with E-state index < -0.39 is 0 Å². The summed E-state index contributed by atoms with van der Waals surface area (Å²) in [7, 11) is 3.68. The predicted molar refractivity (Wildman–Crippen MR) is 83.9 cm³/mol. The van der Waals surface area contributed by atoms with Gasteiger partial charge in [0.05, 0.1) is 13.4 Å². The maximum atomic E-state index is 5.18. The number of piperidine rings is 1. The summed E-state index contributed by atoms with van der Waals surface area (Å²) in [5, 5.41) is 0. The smallest absolute Gasteiger partial charge is 0.228 e. The molecule has 2 aromatic rings. The van der Waals surface area contributed by atoms with Gasteiger partial charge < -0.3 is 14.6 Å². The van der Waals surface area contributed by atoms with E-state index in [0.29, 0.717) is 17.9 Å². The molecule has 22 heavy (non-hydrogen) atoms. The van der Waals surface area contributed by atoms with Gasteiger partial charge in [0.1, 0.15) is 0 Å². The van der Waals surface area contributed by atoms with Crippen LogP contribution in [0, 0.1) is 0 Å². The van der Waals surface area contributed by atoms with Gasteiger partial charge in [0.15, 0.2) is 0 Å². The molecule has 0 saturated carbocycles. The van der Waals surface area contributed by atoms with Crippen molar-refractivity contribution in [1.29, 1.82) is 0 Å². The van der Waals surface area contributed by atoms with Gasteiger partial charge in [-0.25, -0.2) is 9.97 Å². The minimum absolute atomic E-state index is 0.406. The molecule has 1 unspecified atom stereocenters. The SMILES string of the molecule is COc1ccnc(N(C)C2CCCN(Cc3cnc[nH]3)C2)n1. The van der Waals surface area contributed by atoms with Crippen molar-refractivity contribution in [3.63, 3.8) is 0 Å². The first kappa shape index (κ1) is 14.8. The Morgan fingerprint density at radius 2 is 2.41 bits per heavy atom. The van der Waals surface area contributed by atoms with Crippen LogP contribution in [0.5, 0.6) is 5.88 Å². The summed E-state index contributed by atoms with van der Waals surface area (Å²) in [5.41, 5.74) is 1.15. The van der Waals surface area contributed by atoms with Gasteiger partial charge in [-0.2, -0.15) is 4.98 Å². The van der Waals surface area contributed by atoms with Crippen molar-refractivity contribution in [3.05, 3.63) is 30.5 Å². The summed E-state index contributed by atoms with van der Waals surface area (Å²) in [6, 6.07) is 2.17. The van der Waals surface area contributed by atoms with Gasteiger partial charge in [0.2, 0.25) is 11.8 Å². The van der Waals surface area contributed by atoms with E-state index in [1.807, 2.05) is 6.20 Å². The molecule has 0 aromatic carbocycles. The highest BCUT2D eigenvalue weighted by Crippen LogP contribution is 2.20. The van der Waals surface area contributed by atoms with Crippen molar-refractivity contribution in [2.75, 3.05) is 32.1 Å². The Kier molecular flexibility index (Phi) is 4.53. The number of nitrogens with one attached hydrogen (secondary N) is 1. The third kappa shape index (κ3) is 3.36. The molecule has 118 valence electrons. The minimum Gasteiger partial charge on any atom is -0.481 e. The van der Waals surface area contributed by atoms with Crippen LogP contribution in [0.15, 0.2) is 24.8 Å². The standard InChI is InChI=1S/C15H22N6O/c1-20(15-17-6-5-14(19-15)22-2)13-4-3-7-21(10-13)9-12-8-16-11-18-12/h5-6,8,11,13H,3-4,7,9-10H2,1-2H3,(H,16,18). The van der Waals surface area contributed by atoms with E-state index in [1.165, 1.54) is 6.42 Å². The molecular weight excluding hydrogens is 280 g/mol. The molecule has 1 atom stereocenters. The predicted octanol–water partition coefficient (Wildman–Crippen LogP) is 1.31. The Balaban J connectivity index is 1.65. The van der Waals surface area contributed by atoms with E-state index >= 15 is 0 Å². The lowest BCUT2D eigenvalue weighted by Gasteiger charge is -2.37. The zero-order valence-electron chi connectivity index (χ0n) is 13.1. The van der Waals surface area contributed by atoms with E-state index in [2.05, 4.69) is 36.8 Å². The quantitative estimate of drug-likeness (QED) is 0.898. The largest absolute Gasteiger partial charge is 0.481 e. The van der Waals surface area contributed by atoms with E-state index in [1.54, 1.807) is 25.7 Å². The average molecular weight is 302 g/mol. The molecule has 7 nitrogen and oxygen atoms in total. The van der Waals surface area contributed by atoms with Crippen LogP contribution in [0.4, 0.5) is 5.95 Å². The number of anilines is 1. The fourth-order valence-electron chi connectivity index (χ4n) is 2.88. The fraction of sp³-hybridized carbons (Fsp3) is 0.533. The molecule has 3 heterocycles. The van der Waals surface area contributed by atoms with Crippen molar-refractivity contribution in [3.8, 4) is 5.88 Å². The number of H-pyrrole nitrogens is 1. The number of methoxy groups -OCH3 is 1. The molecule has 7 heteroatoms. The highest BCUT2D eigenvalue weighted by molar-refractivity contribution is 5.32. The lowest BCUT2D eigenvalue weighted by molar-refractivity contribution is 0.196. The molecule has 1 saturated heterocycles. The van der Waals surface area contributed by atoms with Crippen molar-refractivity contribution in [2.24, 2.45) is 0 Å². The van der Waals surface area contributed by atoms with Gasteiger partial charge in [-0.1, -0.05) is 0 Å². The van der Waals surface area contributed by atoms with Crippen LogP contribution >= 0.6 is 0 Å². The van der Waals surface area contributed by atoms with Gasteiger partial charge in [0.25, 0.3) is 0 Å². The first-order chi connectivity index (χ1) is 10.8. The molecule has 3 rings (SSSR count). The van der Waals surface area contributed by atoms with E-state index in [9.17, 15) is 0 Å². The Labute approximate surface area is 130 Å². The van der Waals surface area contributed by atoms with Crippen LogP contribution in [0.2, 0.25) is 0 Å². The molecule has 1 fully saturated rings. The van der Waals surface area contributed by atoms with Crippen molar-refractivity contribution < 1.29 is 4.74 Å². The van der Waals surface area contributed by atoms with Crippen molar-refractivity contribution >= 4 is 5.95 Å². The number of aromatic amines is 1. The lowest BCUT2D eigenvalue weighted by Crippen LogP contribution is -2.46. The molecular formula is C15H22N6O. The number of hydrogen-bond acceptors (Lipinski definition) is 6. The third-order valence-corrected chi connectivity index (χ3v) is 4.12. The van der Waals surface area contributed by atoms with Crippen LogP contribution in [-0.4, -0.2) is 58.1 Å². The van der Waals surface area contributed by atoms with Crippen LogP contribution in [-0.2, 0) is 6.54 Å². The van der Waals surface area contributed by atoms with Crippen LogP contribution in [0.25, 0.3) is 0 Å². The van der Waals surface area contributed by atoms with Gasteiger partial charge in [-0.15, -0.1) is 0 Å². The molecule has 0 spiro atoms. The second-order valence-corrected chi connectivity index (χ2v) is 5.62. The number of imidazole rings is 1. The second-order valence-electron chi connectivity index (χ2n) is 5.62. The summed E-state index contributed by atoms with van der Waals surface area (Å²) >= 11 is 0. The molecule has 1 aliphatic rings. The Morgan fingerprint density at radius 3 is 3.18 bits per heavy atom. The third-order valence-electron chi connectivity index (χ3n) is 4.12. The normalized spacial score (nSPS) is 19.1. The summed E-state index contributed by atoms with van der Waals surface area (Å²) in [6.45, 7) is 3.02. The van der Waals surface area contributed by atoms with Gasteiger partial charge >= 0.3 is 0 Å². The summed E-state index contributed by atoms with van der Waals surface area (Å²) in [4.78, 5) is 20.6. The summed E-state index contributed by atoms with van der Waals surface area (Å²) in [5.74, 6) is 1.31. The zero-order chi connectivity index (χ0) is 15.4. The minimum atomic E-state index is 0.406. The molecule has 0 radical (unpaired) electrons. The summed E-state index contributed by atoms with van der Waals surface area (Å²) in [6.07, 6.45) is 7.68. The monoisotopic (exact) mass is 302 g/mol. The van der Waals surface area contributed by atoms with E-state index in [-0.39, 0.29) is 0 Å². The van der Waals surface area contributed by atoms with Crippen LogP contribution in [0.1, 0.15) is 18.5 Å². The highest BCUT2D eigenvalue weighted by Gasteiger charge is 2.25. The first-order valence-electron chi connectivity index (χ1n) is 7.55. The number of aromatic nitrogens is 4. The Bertz CT molecular complexity index is 587. The second kappa shape index (κ2) is 6.74. The fourth-order valence-corrected chi connectivity index (χ4v) is 2.88. The number of ether oxygens (including phenoxy) is 1. The molecule has 0 aliphatic carbocycles. The van der Waals surface area contributed by atoms with Gasteiger partial charge in [0, 0.05) is 50.3 Å². The topological polar surface area (TPSA) is 70.2 Å². The molecule has 0 amide bonds. The summed E-state index contributed by atoms with van der Waals surface area (Å²) < 4.78 is 5.18. The van der Waals surface area contributed by atoms with Gasteiger partial charge in [-0.05, 0) is 19.4 Å². The van der Waals surface area contributed by atoms with Crippen molar-refractivity contribution in [2.45, 2.75) is 25.4 Å².